The fraction of sp³-hybridized carbons (Fsp3) is 0.714. The van der Waals surface area contributed by atoms with Crippen LogP contribution in [0.2, 0.25) is 0 Å². The summed E-state index contributed by atoms with van der Waals surface area (Å²) in [5.74, 6) is 3.45. The number of aliphatic hydroxyl groups is 1. The summed E-state index contributed by atoms with van der Waals surface area (Å²) in [7, 11) is 0. The van der Waals surface area contributed by atoms with E-state index in [1.165, 1.54) is 43.2 Å². The molecule has 23 heavy (non-hydrogen) atoms. The molecule has 0 amide bonds. The summed E-state index contributed by atoms with van der Waals surface area (Å²) in [6.07, 6.45) is 7.37. The second-order valence-corrected chi connectivity index (χ2v) is 9.11. The quantitative estimate of drug-likeness (QED) is 0.814. The SMILES string of the molecule is CC(O)[C@@]12C[C@@H]1C[C@H]1[C@@H]3CCc4cc(O)ccc4[C@H]3CC[C@]12C. The molecule has 5 rings (SSSR count). The van der Waals surface area contributed by atoms with E-state index in [4.69, 9.17) is 0 Å². The third-order valence-electron chi connectivity index (χ3n) is 8.60. The van der Waals surface area contributed by atoms with E-state index < -0.39 is 0 Å². The second kappa shape index (κ2) is 4.33. The molecule has 1 aromatic rings. The van der Waals surface area contributed by atoms with Crippen LogP contribution in [0, 0.1) is 28.6 Å². The van der Waals surface area contributed by atoms with Gasteiger partial charge in [-0.2, -0.15) is 0 Å². The van der Waals surface area contributed by atoms with E-state index in [9.17, 15) is 10.2 Å². The first kappa shape index (κ1) is 14.3. The maximum absolute atomic E-state index is 10.5. The van der Waals surface area contributed by atoms with Crippen LogP contribution in [0.3, 0.4) is 0 Å². The third kappa shape index (κ3) is 1.59. The van der Waals surface area contributed by atoms with E-state index >= 15 is 0 Å². The van der Waals surface area contributed by atoms with Gasteiger partial charge in [0.25, 0.3) is 0 Å². The van der Waals surface area contributed by atoms with E-state index in [0.717, 1.165) is 24.2 Å². The maximum Gasteiger partial charge on any atom is 0.115 e. The van der Waals surface area contributed by atoms with E-state index in [-0.39, 0.29) is 11.5 Å². The van der Waals surface area contributed by atoms with Crippen molar-refractivity contribution in [2.75, 3.05) is 0 Å². The Hall–Kier alpha value is -1.02. The first-order chi connectivity index (χ1) is 11.0. The average molecular weight is 312 g/mol. The smallest absolute Gasteiger partial charge is 0.115 e. The number of aliphatic hydroxyl groups excluding tert-OH is 1. The Morgan fingerprint density at radius 1 is 1.26 bits per heavy atom. The van der Waals surface area contributed by atoms with Crippen LogP contribution in [-0.2, 0) is 6.42 Å². The molecule has 1 aromatic carbocycles. The topological polar surface area (TPSA) is 40.5 Å². The van der Waals surface area contributed by atoms with Crippen molar-refractivity contribution >= 4 is 0 Å². The molecule has 3 saturated carbocycles. The molecule has 2 heteroatoms. The van der Waals surface area contributed by atoms with Crippen molar-refractivity contribution in [2.24, 2.45) is 28.6 Å². The third-order valence-corrected chi connectivity index (χ3v) is 8.60. The summed E-state index contributed by atoms with van der Waals surface area (Å²) in [6.45, 7) is 4.54. The molecule has 0 aromatic heterocycles. The van der Waals surface area contributed by atoms with Gasteiger partial charge in [-0.15, -0.1) is 0 Å². The van der Waals surface area contributed by atoms with E-state index in [1.807, 2.05) is 19.1 Å². The minimum atomic E-state index is -0.146. The summed E-state index contributed by atoms with van der Waals surface area (Å²) in [5.41, 5.74) is 3.47. The Morgan fingerprint density at radius 3 is 2.87 bits per heavy atom. The van der Waals surface area contributed by atoms with Crippen LogP contribution in [-0.4, -0.2) is 16.3 Å². The number of hydrogen-bond donors (Lipinski definition) is 2. The molecule has 1 unspecified atom stereocenters. The van der Waals surface area contributed by atoms with Crippen LogP contribution >= 0.6 is 0 Å². The number of aryl methyl sites for hydroxylation is 1. The standard InChI is InChI=1S/C21H28O2/c1-12(22)21-11-14(21)10-19-18-5-3-13-9-15(23)4-6-16(13)17(18)7-8-20(19,21)2/h4,6,9,12,14,17-19,22-23H,3,5,7-8,10-11H2,1-2H3/t12?,14-,17+,18+,19-,20+,21-/m0/s1. The number of hydrogen-bond acceptors (Lipinski definition) is 2. The molecule has 124 valence electrons. The van der Waals surface area contributed by atoms with E-state index in [2.05, 4.69) is 13.0 Å². The van der Waals surface area contributed by atoms with Gasteiger partial charge in [0.05, 0.1) is 6.10 Å². The zero-order chi connectivity index (χ0) is 16.0. The van der Waals surface area contributed by atoms with Gasteiger partial charge in [0, 0.05) is 5.41 Å². The van der Waals surface area contributed by atoms with Crippen LogP contribution < -0.4 is 0 Å². The highest BCUT2D eigenvalue weighted by molar-refractivity contribution is 5.40. The molecule has 7 atom stereocenters. The van der Waals surface area contributed by atoms with Crippen LogP contribution in [0.15, 0.2) is 18.2 Å². The van der Waals surface area contributed by atoms with Gasteiger partial charge in [0.2, 0.25) is 0 Å². The minimum absolute atomic E-state index is 0.146. The molecule has 0 saturated heterocycles. The van der Waals surface area contributed by atoms with Crippen LogP contribution in [0.4, 0.5) is 0 Å². The van der Waals surface area contributed by atoms with Crippen molar-refractivity contribution < 1.29 is 10.2 Å². The predicted molar refractivity (Wildman–Crippen MR) is 90.3 cm³/mol. The summed E-state index contributed by atoms with van der Waals surface area (Å²) >= 11 is 0. The van der Waals surface area contributed by atoms with Crippen molar-refractivity contribution in [3.8, 4) is 5.75 Å². The molecule has 0 spiro atoms. The van der Waals surface area contributed by atoms with Gasteiger partial charge in [0.1, 0.15) is 5.75 Å². The van der Waals surface area contributed by atoms with Gasteiger partial charge in [-0.1, -0.05) is 13.0 Å². The highest BCUT2D eigenvalue weighted by atomic mass is 16.3. The molecule has 0 aliphatic heterocycles. The van der Waals surface area contributed by atoms with Gasteiger partial charge in [-0.05, 0) is 97.8 Å². The molecule has 3 fully saturated rings. The van der Waals surface area contributed by atoms with E-state index in [1.54, 1.807) is 0 Å². The fourth-order valence-corrected chi connectivity index (χ4v) is 7.54. The van der Waals surface area contributed by atoms with Gasteiger partial charge in [-0.3, -0.25) is 0 Å². The van der Waals surface area contributed by atoms with Crippen molar-refractivity contribution in [1.82, 2.24) is 0 Å². The zero-order valence-electron chi connectivity index (χ0n) is 14.3. The lowest BCUT2D eigenvalue weighted by Crippen LogP contribution is -2.47. The number of rotatable bonds is 1. The van der Waals surface area contributed by atoms with Crippen LogP contribution in [0.1, 0.15) is 63.0 Å². The highest BCUT2D eigenvalue weighted by Crippen LogP contribution is 2.80. The summed E-state index contributed by atoms with van der Waals surface area (Å²) in [4.78, 5) is 0. The van der Waals surface area contributed by atoms with Crippen LogP contribution in [0.5, 0.6) is 5.75 Å². The monoisotopic (exact) mass is 312 g/mol. The number of benzene rings is 1. The Kier molecular flexibility index (Phi) is 2.70. The Morgan fingerprint density at radius 2 is 2.09 bits per heavy atom. The fourth-order valence-electron chi connectivity index (χ4n) is 7.54. The molecule has 2 nitrogen and oxygen atoms in total. The normalized spacial score (nSPS) is 48.0. The molecule has 0 radical (unpaired) electrons. The molecular formula is C21H28O2. The zero-order valence-corrected chi connectivity index (χ0v) is 14.3. The molecular weight excluding hydrogens is 284 g/mol. The van der Waals surface area contributed by atoms with Gasteiger partial charge >= 0.3 is 0 Å². The van der Waals surface area contributed by atoms with Gasteiger partial charge in [-0.25, -0.2) is 0 Å². The lowest BCUT2D eigenvalue weighted by Gasteiger charge is -2.53. The van der Waals surface area contributed by atoms with Crippen molar-refractivity contribution in [3.05, 3.63) is 29.3 Å². The number of phenols is 1. The first-order valence-corrected chi connectivity index (χ1v) is 9.47. The Balaban J connectivity index is 1.52. The lowest BCUT2D eigenvalue weighted by atomic mass is 9.51. The predicted octanol–water partition coefficient (Wildman–Crippen LogP) is 4.25. The maximum atomic E-state index is 10.5. The number of phenolic OH excluding ortho intramolecular Hbond substituents is 1. The van der Waals surface area contributed by atoms with E-state index in [0.29, 0.717) is 17.1 Å². The molecule has 0 heterocycles. The van der Waals surface area contributed by atoms with Gasteiger partial charge < -0.3 is 10.2 Å². The van der Waals surface area contributed by atoms with Crippen molar-refractivity contribution in [2.45, 2.75) is 64.4 Å². The molecule has 0 bridgehead atoms. The Bertz CT molecular complexity index is 666. The molecule has 4 aliphatic rings. The largest absolute Gasteiger partial charge is 0.508 e. The number of fused-ring (bicyclic) bond motifs is 7. The molecule has 4 aliphatic carbocycles. The lowest BCUT2D eigenvalue weighted by molar-refractivity contribution is -0.0509. The van der Waals surface area contributed by atoms with Crippen molar-refractivity contribution in [1.29, 1.82) is 0 Å². The Labute approximate surface area is 138 Å². The average Bonchev–Trinajstić information content (AvgIpc) is 3.20. The number of aromatic hydroxyl groups is 1. The van der Waals surface area contributed by atoms with Crippen molar-refractivity contribution in [3.63, 3.8) is 0 Å². The van der Waals surface area contributed by atoms with Crippen LogP contribution in [0.25, 0.3) is 0 Å². The molecule has 2 N–H and O–H groups in total. The summed E-state index contributed by atoms with van der Waals surface area (Å²) in [5, 5.41) is 20.3. The minimum Gasteiger partial charge on any atom is -0.508 e. The van der Waals surface area contributed by atoms with Gasteiger partial charge in [0.15, 0.2) is 0 Å². The first-order valence-electron chi connectivity index (χ1n) is 9.47. The summed E-state index contributed by atoms with van der Waals surface area (Å²) in [6, 6.07) is 6.05. The highest BCUT2D eigenvalue weighted by Gasteiger charge is 2.75. The second-order valence-electron chi connectivity index (χ2n) is 9.11. The summed E-state index contributed by atoms with van der Waals surface area (Å²) < 4.78 is 0.